The summed E-state index contributed by atoms with van der Waals surface area (Å²) in [5.74, 6) is 0.595. The summed E-state index contributed by atoms with van der Waals surface area (Å²) in [6.07, 6.45) is 1.83. The van der Waals surface area contributed by atoms with Gasteiger partial charge in [-0.1, -0.05) is 13.0 Å². The molecule has 0 amide bonds. The fraction of sp³-hybridized carbons (Fsp3) is 0.571. The molecule has 1 fully saturated rings. The molecule has 19 heavy (non-hydrogen) atoms. The van der Waals surface area contributed by atoms with Crippen LogP contribution in [0.5, 0.6) is 0 Å². The number of hydrogen-bond donors (Lipinski definition) is 1. The Morgan fingerprint density at radius 3 is 2.53 bits per heavy atom. The highest BCUT2D eigenvalue weighted by Crippen LogP contribution is 2.24. The van der Waals surface area contributed by atoms with E-state index in [9.17, 15) is 13.5 Å². The lowest BCUT2D eigenvalue weighted by atomic mass is 10.0. The maximum Gasteiger partial charge on any atom is 0.243 e. The molecule has 1 heterocycles. The predicted octanol–water partition coefficient (Wildman–Crippen LogP) is 1.91. The average molecular weight is 283 g/mol. The van der Waals surface area contributed by atoms with Crippen molar-refractivity contribution < 1.29 is 13.5 Å². The van der Waals surface area contributed by atoms with Crippen LogP contribution in [0.4, 0.5) is 0 Å². The fourth-order valence-corrected chi connectivity index (χ4v) is 3.87. The number of sulfonamides is 1. The summed E-state index contributed by atoms with van der Waals surface area (Å²) in [7, 11) is -3.41. The molecule has 0 radical (unpaired) electrons. The molecule has 106 valence electrons. The first-order valence-corrected chi connectivity index (χ1v) is 8.09. The first-order valence-electron chi connectivity index (χ1n) is 6.65. The van der Waals surface area contributed by atoms with Crippen molar-refractivity contribution in [3.8, 4) is 0 Å². The van der Waals surface area contributed by atoms with Crippen molar-refractivity contribution in [3.05, 3.63) is 29.3 Å². The summed E-state index contributed by atoms with van der Waals surface area (Å²) in [6.45, 7) is 5.06. The minimum Gasteiger partial charge on any atom is -0.392 e. The summed E-state index contributed by atoms with van der Waals surface area (Å²) in [6, 6.07) is 4.97. The van der Waals surface area contributed by atoms with Crippen LogP contribution in [0.2, 0.25) is 0 Å². The van der Waals surface area contributed by atoms with Gasteiger partial charge in [-0.2, -0.15) is 4.31 Å². The third kappa shape index (κ3) is 2.99. The molecular formula is C14H21NO3S. The Kier molecular flexibility index (Phi) is 4.28. The highest BCUT2D eigenvalue weighted by Gasteiger charge is 2.28. The Morgan fingerprint density at radius 2 is 1.95 bits per heavy atom. The predicted molar refractivity (Wildman–Crippen MR) is 74.3 cm³/mol. The second-order valence-electron chi connectivity index (χ2n) is 5.33. The van der Waals surface area contributed by atoms with Gasteiger partial charge < -0.3 is 5.11 Å². The summed E-state index contributed by atoms with van der Waals surface area (Å²) in [4.78, 5) is 0.289. The van der Waals surface area contributed by atoms with E-state index in [4.69, 9.17) is 0 Å². The third-order valence-corrected chi connectivity index (χ3v) is 5.77. The van der Waals surface area contributed by atoms with E-state index in [0.29, 0.717) is 24.6 Å². The van der Waals surface area contributed by atoms with Crippen LogP contribution >= 0.6 is 0 Å². The second kappa shape index (κ2) is 5.61. The Balaban J connectivity index is 2.29. The molecule has 0 aromatic heterocycles. The van der Waals surface area contributed by atoms with Gasteiger partial charge in [0.25, 0.3) is 0 Å². The van der Waals surface area contributed by atoms with Gasteiger partial charge in [0.05, 0.1) is 11.5 Å². The standard InChI is InChI=1S/C14H21NO3S/c1-11-5-7-15(8-6-11)19(17,18)14-4-3-12(2)13(9-14)10-16/h3-4,9,11,16H,5-8,10H2,1-2H3. The molecule has 0 spiro atoms. The van der Waals surface area contributed by atoms with Crippen molar-refractivity contribution in [2.45, 2.75) is 38.2 Å². The maximum atomic E-state index is 12.5. The van der Waals surface area contributed by atoms with Gasteiger partial charge in [-0.25, -0.2) is 8.42 Å². The van der Waals surface area contributed by atoms with Crippen molar-refractivity contribution in [3.63, 3.8) is 0 Å². The number of hydrogen-bond acceptors (Lipinski definition) is 3. The van der Waals surface area contributed by atoms with Crippen LogP contribution in [0.3, 0.4) is 0 Å². The van der Waals surface area contributed by atoms with Gasteiger partial charge in [0.2, 0.25) is 10.0 Å². The van der Waals surface area contributed by atoms with Gasteiger partial charge in [-0.3, -0.25) is 0 Å². The molecule has 0 atom stereocenters. The van der Waals surface area contributed by atoms with Gasteiger partial charge in [0.15, 0.2) is 0 Å². The zero-order valence-corrected chi connectivity index (χ0v) is 12.3. The highest BCUT2D eigenvalue weighted by molar-refractivity contribution is 7.89. The van der Waals surface area contributed by atoms with Crippen LogP contribution in [0.1, 0.15) is 30.9 Å². The Hall–Kier alpha value is -0.910. The summed E-state index contributed by atoms with van der Waals surface area (Å²) >= 11 is 0. The quantitative estimate of drug-likeness (QED) is 0.922. The zero-order chi connectivity index (χ0) is 14.0. The molecule has 1 aromatic rings. The van der Waals surface area contributed by atoms with Gasteiger partial charge in [-0.15, -0.1) is 0 Å². The molecule has 1 N–H and O–H groups in total. The minimum absolute atomic E-state index is 0.133. The van der Waals surface area contributed by atoms with Crippen LogP contribution in [0, 0.1) is 12.8 Å². The van der Waals surface area contributed by atoms with Crippen LogP contribution in [0.15, 0.2) is 23.1 Å². The van der Waals surface area contributed by atoms with E-state index in [1.165, 1.54) is 0 Å². The Bertz CT molecular complexity index is 546. The first-order chi connectivity index (χ1) is 8.95. The van der Waals surface area contributed by atoms with E-state index in [-0.39, 0.29) is 11.5 Å². The maximum absolute atomic E-state index is 12.5. The molecule has 0 aliphatic carbocycles. The SMILES string of the molecule is Cc1ccc(S(=O)(=O)N2CCC(C)CC2)cc1CO. The molecule has 2 rings (SSSR count). The highest BCUT2D eigenvalue weighted by atomic mass is 32.2. The van der Waals surface area contributed by atoms with Crippen molar-refractivity contribution in [2.24, 2.45) is 5.92 Å². The van der Waals surface area contributed by atoms with Crippen LogP contribution in [-0.2, 0) is 16.6 Å². The number of piperidine rings is 1. The molecular weight excluding hydrogens is 262 g/mol. The zero-order valence-electron chi connectivity index (χ0n) is 11.5. The fourth-order valence-electron chi connectivity index (χ4n) is 2.35. The monoisotopic (exact) mass is 283 g/mol. The largest absolute Gasteiger partial charge is 0.392 e. The molecule has 5 heteroatoms. The summed E-state index contributed by atoms with van der Waals surface area (Å²) in [5.41, 5.74) is 1.58. The number of rotatable bonds is 3. The van der Waals surface area contributed by atoms with Gasteiger partial charge in [0.1, 0.15) is 0 Å². The van der Waals surface area contributed by atoms with Crippen LogP contribution in [0.25, 0.3) is 0 Å². The number of benzene rings is 1. The van der Waals surface area contributed by atoms with Gasteiger partial charge in [-0.05, 0) is 48.9 Å². The number of nitrogens with zero attached hydrogens (tertiary/aromatic N) is 1. The van der Waals surface area contributed by atoms with E-state index in [1.807, 2.05) is 6.92 Å². The second-order valence-corrected chi connectivity index (χ2v) is 7.27. The smallest absolute Gasteiger partial charge is 0.243 e. The van der Waals surface area contributed by atoms with Crippen molar-refractivity contribution in [1.82, 2.24) is 4.31 Å². The van der Waals surface area contributed by atoms with Crippen LogP contribution < -0.4 is 0 Å². The van der Waals surface area contributed by atoms with Crippen LogP contribution in [-0.4, -0.2) is 30.9 Å². The third-order valence-electron chi connectivity index (χ3n) is 3.87. The van der Waals surface area contributed by atoms with E-state index >= 15 is 0 Å². The summed E-state index contributed by atoms with van der Waals surface area (Å²) in [5, 5.41) is 9.25. The lowest BCUT2D eigenvalue weighted by Gasteiger charge is -2.29. The van der Waals surface area contributed by atoms with E-state index in [1.54, 1.807) is 22.5 Å². The number of aryl methyl sites for hydroxylation is 1. The van der Waals surface area contributed by atoms with Crippen molar-refractivity contribution in [1.29, 1.82) is 0 Å². The molecule has 0 saturated carbocycles. The first kappa shape index (κ1) is 14.5. The Morgan fingerprint density at radius 1 is 1.32 bits per heavy atom. The molecule has 1 saturated heterocycles. The van der Waals surface area contributed by atoms with E-state index in [0.717, 1.165) is 18.4 Å². The van der Waals surface area contributed by atoms with Crippen molar-refractivity contribution >= 4 is 10.0 Å². The molecule has 1 aromatic carbocycles. The minimum atomic E-state index is -3.41. The summed E-state index contributed by atoms with van der Waals surface area (Å²) < 4.78 is 26.6. The molecule has 0 bridgehead atoms. The van der Waals surface area contributed by atoms with E-state index < -0.39 is 10.0 Å². The topological polar surface area (TPSA) is 57.6 Å². The van der Waals surface area contributed by atoms with Crippen molar-refractivity contribution in [2.75, 3.05) is 13.1 Å². The Labute approximate surface area is 115 Å². The number of aliphatic hydroxyl groups is 1. The normalized spacial score (nSPS) is 18.7. The molecule has 0 unspecified atom stereocenters. The lowest BCUT2D eigenvalue weighted by molar-refractivity contribution is 0.280. The van der Waals surface area contributed by atoms with Gasteiger partial charge in [0, 0.05) is 13.1 Å². The lowest BCUT2D eigenvalue weighted by Crippen LogP contribution is -2.37. The number of aliphatic hydroxyl groups excluding tert-OH is 1. The molecule has 4 nitrogen and oxygen atoms in total. The molecule has 1 aliphatic heterocycles. The van der Waals surface area contributed by atoms with Gasteiger partial charge >= 0.3 is 0 Å². The average Bonchev–Trinajstić information content (AvgIpc) is 2.39. The molecule has 1 aliphatic rings. The van der Waals surface area contributed by atoms with E-state index in [2.05, 4.69) is 6.92 Å².